The molecule has 3 nitrogen and oxygen atoms in total. The summed E-state index contributed by atoms with van der Waals surface area (Å²) in [7, 11) is 1.35. The van der Waals surface area contributed by atoms with Gasteiger partial charge in [-0.05, 0) is 17.5 Å². The van der Waals surface area contributed by atoms with Crippen molar-refractivity contribution in [3.8, 4) is 0 Å². The van der Waals surface area contributed by atoms with Gasteiger partial charge in [-0.25, -0.2) is 0 Å². The molecule has 0 spiro atoms. The van der Waals surface area contributed by atoms with Gasteiger partial charge >= 0.3 is 5.97 Å². The van der Waals surface area contributed by atoms with Gasteiger partial charge in [-0.1, -0.05) is 46.9 Å². The Bertz CT molecular complexity index is 341. The molecular formula is C11H14INO2. The summed E-state index contributed by atoms with van der Waals surface area (Å²) in [6, 6.07) is 7.50. The highest BCUT2D eigenvalue weighted by Crippen LogP contribution is 2.10. The molecule has 0 saturated heterocycles. The van der Waals surface area contributed by atoms with E-state index in [0.29, 0.717) is 6.42 Å². The van der Waals surface area contributed by atoms with Crippen LogP contribution in [0, 0.1) is 0 Å². The zero-order valence-electron chi connectivity index (χ0n) is 8.57. The van der Waals surface area contributed by atoms with Crippen molar-refractivity contribution in [2.75, 3.05) is 7.11 Å². The van der Waals surface area contributed by atoms with Gasteiger partial charge in [0.1, 0.15) is 6.04 Å². The third-order valence-electron chi connectivity index (χ3n) is 2.11. The van der Waals surface area contributed by atoms with E-state index >= 15 is 0 Å². The lowest BCUT2D eigenvalue weighted by Gasteiger charge is -2.09. The Balaban J connectivity index is 2.67. The third-order valence-corrected chi connectivity index (χ3v) is 2.99. The highest BCUT2D eigenvalue weighted by Gasteiger charge is 2.13. The van der Waals surface area contributed by atoms with E-state index in [1.54, 1.807) is 0 Å². The Morgan fingerprint density at radius 1 is 1.53 bits per heavy atom. The molecule has 0 radical (unpaired) electrons. The minimum atomic E-state index is -0.570. The number of methoxy groups -OCH3 is 1. The maximum absolute atomic E-state index is 11.1. The van der Waals surface area contributed by atoms with E-state index < -0.39 is 6.04 Å². The summed E-state index contributed by atoms with van der Waals surface area (Å²) in [5, 5.41) is 0. The molecule has 2 N–H and O–H groups in total. The average molecular weight is 319 g/mol. The first kappa shape index (κ1) is 12.4. The van der Waals surface area contributed by atoms with Gasteiger partial charge in [-0.3, -0.25) is 4.79 Å². The molecule has 0 fully saturated rings. The Morgan fingerprint density at radius 3 is 2.80 bits per heavy atom. The van der Waals surface area contributed by atoms with Gasteiger partial charge in [0.25, 0.3) is 0 Å². The van der Waals surface area contributed by atoms with Gasteiger partial charge in [-0.2, -0.15) is 0 Å². The summed E-state index contributed by atoms with van der Waals surface area (Å²) in [5.74, 6) is -0.366. The van der Waals surface area contributed by atoms with Crippen LogP contribution in [0.2, 0.25) is 0 Å². The van der Waals surface area contributed by atoms with Crippen molar-refractivity contribution in [3.05, 3.63) is 35.4 Å². The SMILES string of the molecule is COC(=O)[C@H](N)Cc1cccc(CI)c1. The number of alkyl halides is 1. The fourth-order valence-corrected chi connectivity index (χ4v) is 1.80. The Hall–Kier alpha value is -0.620. The summed E-state index contributed by atoms with van der Waals surface area (Å²) < 4.78 is 5.53. The normalized spacial score (nSPS) is 12.2. The summed E-state index contributed by atoms with van der Waals surface area (Å²) in [4.78, 5) is 11.1. The van der Waals surface area contributed by atoms with Crippen LogP contribution in [0.25, 0.3) is 0 Å². The van der Waals surface area contributed by atoms with Crippen LogP contribution in [0.15, 0.2) is 24.3 Å². The van der Waals surface area contributed by atoms with E-state index in [1.165, 1.54) is 12.7 Å². The van der Waals surface area contributed by atoms with Crippen molar-refractivity contribution in [3.63, 3.8) is 0 Å². The number of hydrogen-bond donors (Lipinski definition) is 1. The van der Waals surface area contributed by atoms with E-state index in [0.717, 1.165) is 9.99 Å². The maximum Gasteiger partial charge on any atom is 0.322 e. The maximum atomic E-state index is 11.1. The molecule has 0 unspecified atom stereocenters. The van der Waals surface area contributed by atoms with E-state index in [2.05, 4.69) is 39.5 Å². The molecule has 1 aromatic rings. The monoisotopic (exact) mass is 319 g/mol. The van der Waals surface area contributed by atoms with Gasteiger partial charge in [-0.15, -0.1) is 0 Å². The summed E-state index contributed by atoms with van der Waals surface area (Å²) in [6.07, 6.45) is 0.525. The van der Waals surface area contributed by atoms with Crippen LogP contribution in [0.4, 0.5) is 0 Å². The number of ether oxygens (including phenoxy) is 1. The van der Waals surface area contributed by atoms with Crippen molar-refractivity contribution >= 4 is 28.6 Å². The van der Waals surface area contributed by atoms with Crippen molar-refractivity contribution < 1.29 is 9.53 Å². The molecule has 1 atom stereocenters. The summed E-state index contributed by atoms with van der Waals surface area (Å²) >= 11 is 2.30. The molecule has 15 heavy (non-hydrogen) atoms. The number of benzene rings is 1. The molecule has 1 aromatic carbocycles. The Kier molecular flexibility index (Phi) is 5.04. The van der Waals surface area contributed by atoms with Crippen LogP contribution in [0.3, 0.4) is 0 Å². The quantitative estimate of drug-likeness (QED) is 0.522. The number of carbonyl (C=O) groups excluding carboxylic acids is 1. The lowest BCUT2D eigenvalue weighted by molar-refractivity contribution is -0.142. The topological polar surface area (TPSA) is 52.3 Å². The van der Waals surface area contributed by atoms with Gasteiger partial charge in [0.15, 0.2) is 0 Å². The zero-order chi connectivity index (χ0) is 11.3. The highest BCUT2D eigenvalue weighted by atomic mass is 127. The lowest BCUT2D eigenvalue weighted by Crippen LogP contribution is -2.33. The number of carbonyl (C=O) groups is 1. The van der Waals surface area contributed by atoms with Crippen molar-refractivity contribution in [1.82, 2.24) is 0 Å². The molecule has 0 aromatic heterocycles. The fraction of sp³-hybridized carbons (Fsp3) is 0.364. The minimum absolute atomic E-state index is 0.366. The number of esters is 1. The average Bonchev–Trinajstić information content (AvgIpc) is 2.28. The molecule has 0 saturated carbocycles. The van der Waals surface area contributed by atoms with E-state index in [1.807, 2.05) is 12.1 Å². The molecule has 0 aliphatic heterocycles. The second-order valence-electron chi connectivity index (χ2n) is 3.29. The van der Waals surface area contributed by atoms with Crippen LogP contribution in [-0.4, -0.2) is 19.1 Å². The lowest BCUT2D eigenvalue weighted by atomic mass is 10.0. The van der Waals surface area contributed by atoms with Crippen LogP contribution in [0.5, 0.6) is 0 Å². The number of nitrogens with two attached hydrogens (primary N) is 1. The van der Waals surface area contributed by atoms with E-state index in [-0.39, 0.29) is 5.97 Å². The fourth-order valence-electron chi connectivity index (χ4n) is 1.33. The molecule has 0 amide bonds. The predicted octanol–water partition coefficient (Wildman–Crippen LogP) is 1.66. The summed E-state index contributed by atoms with van der Waals surface area (Å²) in [6.45, 7) is 0. The van der Waals surface area contributed by atoms with Crippen LogP contribution < -0.4 is 5.73 Å². The number of hydrogen-bond acceptors (Lipinski definition) is 3. The van der Waals surface area contributed by atoms with Crippen LogP contribution in [0.1, 0.15) is 11.1 Å². The Morgan fingerprint density at radius 2 is 2.20 bits per heavy atom. The molecule has 1 rings (SSSR count). The number of halogens is 1. The molecule has 0 bridgehead atoms. The molecule has 0 heterocycles. The van der Waals surface area contributed by atoms with Gasteiger partial charge in [0.05, 0.1) is 7.11 Å². The highest BCUT2D eigenvalue weighted by molar-refractivity contribution is 14.1. The zero-order valence-corrected chi connectivity index (χ0v) is 10.7. The van der Waals surface area contributed by atoms with Gasteiger partial charge < -0.3 is 10.5 Å². The molecule has 82 valence electrons. The largest absolute Gasteiger partial charge is 0.468 e. The van der Waals surface area contributed by atoms with Crippen molar-refractivity contribution in [2.45, 2.75) is 16.9 Å². The van der Waals surface area contributed by atoms with Crippen LogP contribution >= 0.6 is 22.6 Å². The first-order valence-corrected chi connectivity index (χ1v) is 6.17. The summed E-state index contributed by atoms with van der Waals surface area (Å²) in [5.41, 5.74) is 7.99. The van der Waals surface area contributed by atoms with E-state index in [9.17, 15) is 4.79 Å². The molecule has 4 heteroatoms. The second kappa shape index (κ2) is 6.07. The smallest absolute Gasteiger partial charge is 0.322 e. The molecule has 0 aliphatic rings. The third kappa shape index (κ3) is 3.79. The Labute approximate surface area is 103 Å². The molecule has 0 aliphatic carbocycles. The van der Waals surface area contributed by atoms with Crippen LogP contribution in [-0.2, 0) is 20.4 Å². The first-order chi connectivity index (χ1) is 7.17. The standard InChI is InChI=1S/C11H14INO2/c1-15-11(14)10(13)6-8-3-2-4-9(5-8)7-12/h2-5,10H,6-7,13H2,1H3/t10-/m1/s1. The van der Waals surface area contributed by atoms with Crippen molar-refractivity contribution in [2.24, 2.45) is 5.73 Å². The van der Waals surface area contributed by atoms with Crippen molar-refractivity contribution in [1.29, 1.82) is 0 Å². The minimum Gasteiger partial charge on any atom is -0.468 e. The van der Waals surface area contributed by atoms with Gasteiger partial charge in [0, 0.05) is 4.43 Å². The second-order valence-corrected chi connectivity index (χ2v) is 4.05. The van der Waals surface area contributed by atoms with Gasteiger partial charge in [0.2, 0.25) is 0 Å². The first-order valence-electron chi connectivity index (χ1n) is 4.64. The predicted molar refractivity (Wildman–Crippen MR) is 67.9 cm³/mol. The molecular weight excluding hydrogens is 305 g/mol. The van der Waals surface area contributed by atoms with E-state index in [4.69, 9.17) is 5.73 Å². The number of rotatable bonds is 4.